The Kier molecular flexibility index (Phi) is 1.35. The molecule has 3 fully saturated rings. The molecule has 2 bridgehead atoms. The third-order valence-electron chi connectivity index (χ3n) is 4.22. The van der Waals surface area contributed by atoms with E-state index >= 15 is 0 Å². The lowest BCUT2D eigenvalue weighted by Crippen LogP contribution is -2.37. The first-order chi connectivity index (χ1) is 6.25. The van der Waals surface area contributed by atoms with E-state index in [9.17, 15) is 10.1 Å². The van der Waals surface area contributed by atoms with Crippen LogP contribution in [0.5, 0.6) is 0 Å². The summed E-state index contributed by atoms with van der Waals surface area (Å²) in [5, 5.41) is 10.4. The van der Waals surface area contributed by atoms with E-state index in [1.807, 2.05) is 0 Å². The average molecular weight is 179 g/mol. The smallest absolute Gasteiger partial charge is 0.234 e. The fourth-order valence-corrected chi connectivity index (χ4v) is 3.76. The van der Waals surface area contributed by atoms with Gasteiger partial charge in [-0.05, 0) is 49.4 Å². The Bertz CT molecular complexity index is 289. The predicted molar refractivity (Wildman–Crippen MR) is 47.5 cm³/mol. The van der Waals surface area contributed by atoms with Crippen molar-refractivity contribution in [1.82, 2.24) is 0 Å². The Hall–Kier alpha value is -0.860. The van der Waals surface area contributed by atoms with Crippen LogP contribution in [-0.2, 0) is 0 Å². The van der Waals surface area contributed by atoms with Gasteiger partial charge < -0.3 is 0 Å². The number of hydrogen-bond donors (Lipinski definition) is 0. The molecule has 3 nitrogen and oxygen atoms in total. The van der Waals surface area contributed by atoms with Gasteiger partial charge in [0.15, 0.2) is 0 Å². The zero-order valence-electron chi connectivity index (χ0n) is 7.48. The van der Waals surface area contributed by atoms with Gasteiger partial charge in [0.05, 0.1) is 4.92 Å². The number of rotatable bonds is 1. The standard InChI is InChI=1S/C10H13NO2/c12-11(13)5-10-7-2-1-6-3-8(7)9(10)4-6/h5-9H,1-4H2/b10-5+. The minimum absolute atomic E-state index is 0.267. The Morgan fingerprint density at radius 2 is 2.15 bits per heavy atom. The summed E-state index contributed by atoms with van der Waals surface area (Å²) in [6.45, 7) is 0. The van der Waals surface area contributed by atoms with Crippen molar-refractivity contribution in [3.05, 3.63) is 21.9 Å². The zero-order valence-corrected chi connectivity index (χ0v) is 7.48. The van der Waals surface area contributed by atoms with E-state index < -0.39 is 0 Å². The monoisotopic (exact) mass is 179 g/mol. The van der Waals surface area contributed by atoms with Gasteiger partial charge in [-0.15, -0.1) is 0 Å². The molecule has 3 heteroatoms. The van der Waals surface area contributed by atoms with E-state index in [-0.39, 0.29) is 4.92 Å². The average Bonchev–Trinajstić information content (AvgIpc) is 2.26. The second-order valence-corrected chi connectivity index (χ2v) is 4.71. The van der Waals surface area contributed by atoms with Crippen LogP contribution in [0.3, 0.4) is 0 Å². The third kappa shape index (κ3) is 0.901. The molecule has 0 aliphatic heterocycles. The molecule has 0 N–H and O–H groups in total. The third-order valence-corrected chi connectivity index (χ3v) is 4.22. The van der Waals surface area contributed by atoms with Crippen molar-refractivity contribution >= 4 is 0 Å². The highest BCUT2D eigenvalue weighted by Gasteiger charge is 2.55. The fourth-order valence-electron chi connectivity index (χ4n) is 3.76. The minimum Gasteiger partial charge on any atom is -0.259 e. The number of hydrogen-bond acceptors (Lipinski definition) is 2. The summed E-state index contributed by atoms with van der Waals surface area (Å²) < 4.78 is 0. The van der Waals surface area contributed by atoms with Gasteiger partial charge in [0.1, 0.15) is 0 Å². The largest absolute Gasteiger partial charge is 0.259 e. The molecule has 3 aliphatic carbocycles. The van der Waals surface area contributed by atoms with Crippen molar-refractivity contribution < 1.29 is 4.92 Å². The van der Waals surface area contributed by atoms with E-state index in [2.05, 4.69) is 0 Å². The van der Waals surface area contributed by atoms with E-state index in [0.29, 0.717) is 11.8 Å². The van der Waals surface area contributed by atoms with Crippen molar-refractivity contribution in [2.75, 3.05) is 0 Å². The van der Waals surface area contributed by atoms with Crippen LogP contribution in [-0.4, -0.2) is 4.92 Å². The molecule has 0 heterocycles. The van der Waals surface area contributed by atoms with Gasteiger partial charge in [-0.3, -0.25) is 10.1 Å². The summed E-state index contributed by atoms with van der Waals surface area (Å²) in [4.78, 5) is 10.1. The van der Waals surface area contributed by atoms with Crippen LogP contribution in [0.25, 0.3) is 0 Å². The van der Waals surface area contributed by atoms with E-state index in [1.165, 1.54) is 31.9 Å². The number of nitro groups is 1. The maximum absolute atomic E-state index is 10.4. The Morgan fingerprint density at radius 3 is 2.92 bits per heavy atom. The number of nitrogens with zero attached hydrogens (tertiary/aromatic N) is 1. The summed E-state index contributed by atoms with van der Waals surface area (Å²) in [7, 11) is 0. The van der Waals surface area contributed by atoms with Crippen molar-refractivity contribution in [3.8, 4) is 0 Å². The minimum atomic E-state index is -0.267. The normalized spacial score (nSPS) is 49.1. The molecule has 0 aromatic carbocycles. The van der Waals surface area contributed by atoms with Crippen LogP contribution in [0, 0.1) is 33.8 Å². The van der Waals surface area contributed by atoms with Crippen LogP contribution < -0.4 is 0 Å². The van der Waals surface area contributed by atoms with E-state index in [1.54, 1.807) is 0 Å². The molecule has 0 spiro atoms. The molecule has 0 amide bonds. The van der Waals surface area contributed by atoms with Crippen LogP contribution in [0.4, 0.5) is 0 Å². The van der Waals surface area contributed by atoms with Crippen LogP contribution in [0.15, 0.2) is 11.8 Å². The molecule has 3 aliphatic rings. The van der Waals surface area contributed by atoms with Crippen molar-refractivity contribution in [3.63, 3.8) is 0 Å². The van der Waals surface area contributed by atoms with Gasteiger partial charge in [-0.1, -0.05) is 0 Å². The van der Waals surface area contributed by atoms with Crippen LogP contribution in [0.2, 0.25) is 0 Å². The lowest BCUT2D eigenvalue weighted by Gasteiger charge is -2.43. The lowest BCUT2D eigenvalue weighted by molar-refractivity contribution is -0.405. The predicted octanol–water partition coefficient (Wildman–Crippen LogP) is 2.21. The molecule has 0 aromatic rings. The van der Waals surface area contributed by atoms with E-state index in [0.717, 1.165) is 17.4 Å². The van der Waals surface area contributed by atoms with Gasteiger partial charge in [0.2, 0.25) is 6.20 Å². The second-order valence-electron chi connectivity index (χ2n) is 4.71. The number of fused-ring (bicyclic) bond motifs is 1. The van der Waals surface area contributed by atoms with Crippen molar-refractivity contribution in [2.24, 2.45) is 23.7 Å². The number of allylic oxidation sites excluding steroid dienone is 1. The molecule has 0 aromatic heterocycles. The van der Waals surface area contributed by atoms with Gasteiger partial charge in [0, 0.05) is 5.57 Å². The zero-order chi connectivity index (χ0) is 9.00. The van der Waals surface area contributed by atoms with Crippen molar-refractivity contribution in [2.45, 2.75) is 25.7 Å². The summed E-state index contributed by atoms with van der Waals surface area (Å²) in [6, 6.07) is 0. The molecular weight excluding hydrogens is 166 g/mol. The molecule has 4 unspecified atom stereocenters. The molecule has 13 heavy (non-hydrogen) atoms. The topological polar surface area (TPSA) is 43.1 Å². The van der Waals surface area contributed by atoms with Gasteiger partial charge in [-0.2, -0.15) is 0 Å². The molecule has 0 radical (unpaired) electrons. The summed E-state index contributed by atoms with van der Waals surface area (Å²) in [6.07, 6.45) is 6.41. The van der Waals surface area contributed by atoms with E-state index in [4.69, 9.17) is 0 Å². The summed E-state index contributed by atoms with van der Waals surface area (Å²) >= 11 is 0. The maximum atomic E-state index is 10.4. The van der Waals surface area contributed by atoms with Crippen LogP contribution >= 0.6 is 0 Å². The molecule has 0 saturated heterocycles. The first-order valence-electron chi connectivity index (χ1n) is 5.11. The first kappa shape index (κ1) is 7.54. The quantitative estimate of drug-likeness (QED) is 0.457. The molecule has 4 atom stereocenters. The van der Waals surface area contributed by atoms with Gasteiger partial charge >= 0.3 is 0 Å². The van der Waals surface area contributed by atoms with Gasteiger partial charge in [-0.25, -0.2) is 0 Å². The lowest BCUT2D eigenvalue weighted by atomic mass is 9.60. The summed E-state index contributed by atoms with van der Waals surface area (Å²) in [5.74, 6) is 2.91. The maximum Gasteiger partial charge on any atom is 0.234 e. The SMILES string of the molecule is O=[N+]([O-])/C=C1\C2CCC3CC1C2C3. The highest BCUT2D eigenvalue weighted by Crippen LogP contribution is 2.63. The first-order valence-corrected chi connectivity index (χ1v) is 5.11. The Balaban J connectivity index is 1.90. The fraction of sp³-hybridized carbons (Fsp3) is 0.800. The molecule has 3 rings (SSSR count). The molecular formula is C10H13NO2. The Labute approximate surface area is 77.0 Å². The summed E-state index contributed by atoms with van der Waals surface area (Å²) in [5.41, 5.74) is 1.16. The van der Waals surface area contributed by atoms with Crippen molar-refractivity contribution in [1.29, 1.82) is 0 Å². The highest BCUT2D eigenvalue weighted by molar-refractivity contribution is 5.26. The Morgan fingerprint density at radius 1 is 1.31 bits per heavy atom. The molecule has 3 saturated carbocycles. The van der Waals surface area contributed by atoms with Crippen LogP contribution in [0.1, 0.15) is 25.7 Å². The highest BCUT2D eigenvalue weighted by atomic mass is 16.6. The molecule has 70 valence electrons. The second kappa shape index (κ2) is 2.34. The van der Waals surface area contributed by atoms with Gasteiger partial charge in [0.25, 0.3) is 0 Å².